The highest BCUT2D eigenvalue weighted by Crippen LogP contribution is 2.49. The van der Waals surface area contributed by atoms with Crippen LogP contribution in [-0.2, 0) is 4.79 Å². The standard InChI is InChI=1S/C15H23N3O2/c1-17-12-8-10-7-11(10)18(12)14(20)13(16)15(9-19)5-3-2-4-6-15/h10-13,19H,2-9,16H2/t10?,11?,12?,13-/m1/s1. The van der Waals surface area contributed by atoms with Crippen molar-refractivity contribution in [3.63, 3.8) is 0 Å². The Kier molecular flexibility index (Phi) is 3.47. The predicted molar refractivity (Wildman–Crippen MR) is 74.3 cm³/mol. The molecule has 0 aromatic carbocycles. The van der Waals surface area contributed by atoms with E-state index in [0.29, 0.717) is 5.92 Å². The Morgan fingerprint density at radius 3 is 2.70 bits per heavy atom. The lowest BCUT2D eigenvalue weighted by molar-refractivity contribution is -0.139. The molecule has 3 aliphatic rings. The molecule has 0 aromatic heterocycles. The monoisotopic (exact) mass is 277 g/mol. The number of likely N-dealkylation sites (tertiary alicyclic amines) is 1. The van der Waals surface area contributed by atoms with Gasteiger partial charge in [-0.15, -0.1) is 0 Å². The highest BCUT2D eigenvalue weighted by Gasteiger charge is 2.59. The van der Waals surface area contributed by atoms with Crippen LogP contribution in [0.25, 0.3) is 4.85 Å². The summed E-state index contributed by atoms with van der Waals surface area (Å²) in [5.74, 6) is 0.411. The van der Waals surface area contributed by atoms with Gasteiger partial charge in [-0.1, -0.05) is 19.3 Å². The molecular weight excluding hydrogens is 254 g/mol. The maximum atomic E-state index is 12.8. The fourth-order valence-corrected chi connectivity index (χ4v) is 4.10. The summed E-state index contributed by atoms with van der Waals surface area (Å²) in [7, 11) is 0. The molecule has 1 saturated heterocycles. The van der Waals surface area contributed by atoms with Crippen LogP contribution in [0.5, 0.6) is 0 Å². The van der Waals surface area contributed by atoms with Crippen molar-refractivity contribution in [1.29, 1.82) is 0 Å². The van der Waals surface area contributed by atoms with Gasteiger partial charge in [0.2, 0.25) is 5.91 Å². The van der Waals surface area contributed by atoms with Crippen LogP contribution in [0.4, 0.5) is 0 Å². The fourth-order valence-electron chi connectivity index (χ4n) is 4.10. The highest BCUT2D eigenvalue weighted by atomic mass is 16.3. The molecule has 5 heteroatoms. The van der Waals surface area contributed by atoms with E-state index in [0.717, 1.165) is 44.9 Å². The summed E-state index contributed by atoms with van der Waals surface area (Å²) in [6.07, 6.45) is 6.36. The number of hydrogen-bond donors (Lipinski definition) is 2. The summed E-state index contributed by atoms with van der Waals surface area (Å²) >= 11 is 0. The molecule has 2 saturated carbocycles. The average molecular weight is 277 g/mol. The zero-order chi connectivity index (χ0) is 14.3. The van der Waals surface area contributed by atoms with Crippen LogP contribution in [0.2, 0.25) is 0 Å². The van der Waals surface area contributed by atoms with Crippen LogP contribution in [0.1, 0.15) is 44.9 Å². The van der Waals surface area contributed by atoms with Crippen LogP contribution in [-0.4, -0.2) is 40.8 Å². The van der Waals surface area contributed by atoms with E-state index >= 15 is 0 Å². The molecule has 1 heterocycles. The molecule has 4 atom stereocenters. The quantitative estimate of drug-likeness (QED) is 0.760. The molecule has 110 valence electrons. The van der Waals surface area contributed by atoms with Gasteiger partial charge >= 0.3 is 6.17 Å². The van der Waals surface area contributed by atoms with Gasteiger partial charge in [-0.3, -0.25) is 14.5 Å². The molecule has 0 aromatic rings. The van der Waals surface area contributed by atoms with Gasteiger partial charge in [0.05, 0.1) is 12.6 Å². The van der Waals surface area contributed by atoms with Crippen molar-refractivity contribution in [3.05, 3.63) is 11.4 Å². The van der Waals surface area contributed by atoms with Crippen molar-refractivity contribution in [2.45, 2.75) is 63.2 Å². The van der Waals surface area contributed by atoms with Crippen molar-refractivity contribution in [1.82, 2.24) is 4.90 Å². The number of fused-ring (bicyclic) bond motifs is 1. The smallest absolute Gasteiger partial charge is 0.301 e. The third-order valence-electron chi connectivity index (χ3n) is 5.57. The average Bonchev–Trinajstić information content (AvgIpc) is 3.17. The number of rotatable bonds is 3. The first-order chi connectivity index (χ1) is 9.63. The second kappa shape index (κ2) is 5.01. The second-order valence-electron chi connectivity index (χ2n) is 6.71. The lowest BCUT2D eigenvalue weighted by atomic mass is 9.69. The van der Waals surface area contributed by atoms with Gasteiger partial charge < -0.3 is 10.8 Å². The minimum Gasteiger partial charge on any atom is -0.396 e. The first-order valence-corrected chi connectivity index (χ1v) is 7.68. The first-order valence-electron chi connectivity index (χ1n) is 7.68. The fraction of sp³-hybridized carbons (Fsp3) is 0.867. The van der Waals surface area contributed by atoms with Crippen LogP contribution < -0.4 is 5.73 Å². The van der Waals surface area contributed by atoms with Crippen LogP contribution in [0.15, 0.2) is 0 Å². The summed E-state index contributed by atoms with van der Waals surface area (Å²) in [4.78, 5) is 18.1. The Morgan fingerprint density at radius 2 is 2.10 bits per heavy atom. The number of hydrogen-bond acceptors (Lipinski definition) is 3. The molecule has 0 spiro atoms. The topological polar surface area (TPSA) is 70.9 Å². The summed E-state index contributed by atoms with van der Waals surface area (Å²) in [5, 5.41) is 9.79. The molecular formula is C15H23N3O2. The van der Waals surface area contributed by atoms with Gasteiger partial charge in [-0.2, -0.15) is 0 Å². The lowest BCUT2D eigenvalue weighted by Crippen LogP contribution is -2.57. The molecule has 2 aliphatic carbocycles. The van der Waals surface area contributed by atoms with E-state index in [1.54, 1.807) is 4.90 Å². The van der Waals surface area contributed by atoms with Gasteiger partial charge in [0.1, 0.15) is 0 Å². The van der Waals surface area contributed by atoms with E-state index in [2.05, 4.69) is 4.85 Å². The van der Waals surface area contributed by atoms with Crippen LogP contribution in [0.3, 0.4) is 0 Å². The van der Waals surface area contributed by atoms with Gasteiger partial charge in [0, 0.05) is 17.9 Å². The van der Waals surface area contributed by atoms with Gasteiger partial charge in [-0.05, 0) is 25.2 Å². The molecule has 0 bridgehead atoms. The normalized spacial score (nSPS) is 36.0. The van der Waals surface area contributed by atoms with E-state index in [-0.39, 0.29) is 24.7 Å². The minimum absolute atomic E-state index is 0.0233. The van der Waals surface area contributed by atoms with Gasteiger partial charge in [-0.25, -0.2) is 6.57 Å². The summed E-state index contributed by atoms with van der Waals surface area (Å²) < 4.78 is 0. The lowest BCUT2D eigenvalue weighted by Gasteiger charge is -2.41. The number of amides is 1. The van der Waals surface area contributed by atoms with Crippen molar-refractivity contribution in [3.8, 4) is 0 Å². The van der Waals surface area contributed by atoms with E-state index < -0.39 is 11.5 Å². The number of carbonyl (C=O) groups excluding carboxylic acids is 1. The van der Waals surface area contributed by atoms with Crippen LogP contribution >= 0.6 is 0 Å². The van der Waals surface area contributed by atoms with E-state index in [4.69, 9.17) is 12.3 Å². The Morgan fingerprint density at radius 1 is 1.40 bits per heavy atom. The third kappa shape index (κ3) is 2.02. The Hall–Kier alpha value is -1.12. The SMILES string of the molecule is [C-]#[N+]C1CC2CC2N1C(=O)[C@@H](N)C1(CO)CCCCC1. The zero-order valence-corrected chi connectivity index (χ0v) is 11.8. The van der Waals surface area contributed by atoms with E-state index in [9.17, 15) is 9.90 Å². The zero-order valence-electron chi connectivity index (χ0n) is 11.8. The van der Waals surface area contributed by atoms with Gasteiger partial charge in [0.25, 0.3) is 0 Å². The number of piperidine rings is 1. The molecule has 0 radical (unpaired) electrons. The molecule has 20 heavy (non-hydrogen) atoms. The van der Waals surface area contributed by atoms with Gasteiger partial charge in [0.15, 0.2) is 0 Å². The van der Waals surface area contributed by atoms with E-state index in [1.807, 2.05) is 0 Å². The third-order valence-corrected chi connectivity index (χ3v) is 5.57. The number of nitrogens with zero attached hydrogens (tertiary/aromatic N) is 2. The Balaban J connectivity index is 1.77. The molecule has 3 unspecified atom stereocenters. The van der Waals surface area contributed by atoms with Crippen molar-refractivity contribution < 1.29 is 9.90 Å². The summed E-state index contributed by atoms with van der Waals surface area (Å²) in [6.45, 7) is 7.23. The molecule has 3 fully saturated rings. The Labute approximate surface area is 119 Å². The van der Waals surface area contributed by atoms with Crippen molar-refractivity contribution in [2.75, 3.05) is 6.61 Å². The summed E-state index contributed by atoms with van der Waals surface area (Å²) in [6, 6.07) is -0.414. The summed E-state index contributed by atoms with van der Waals surface area (Å²) in [5.41, 5.74) is 5.80. The maximum absolute atomic E-state index is 12.8. The molecule has 3 rings (SSSR count). The van der Waals surface area contributed by atoms with Crippen molar-refractivity contribution >= 4 is 5.91 Å². The van der Waals surface area contributed by atoms with E-state index in [1.165, 1.54) is 0 Å². The first kappa shape index (κ1) is 13.8. The predicted octanol–water partition coefficient (Wildman–Crippen LogP) is 1.12. The minimum atomic E-state index is -0.656. The largest absolute Gasteiger partial charge is 0.396 e. The van der Waals surface area contributed by atoms with Crippen LogP contribution in [0, 0.1) is 17.9 Å². The molecule has 1 amide bonds. The highest BCUT2D eigenvalue weighted by molar-refractivity contribution is 5.84. The maximum Gasteiger partial charge on any atom is 0.301 e. The molecule has 3 N–H and O–H groups in total. The molecule has 1 aliphatic heterocycles. The number of aliphatic hydroxyl groups is 1. The number of nitrogens with two attached hydrogens (primary N) is 1. The molecule has 5 nitrogen and oxygen atoms in total. The Bertz CT molecular complexity index is 439. The second-order valence-corrected chi connectivity index (χ2v) is 6.71. The number of aliphatic hydroxyl groups excluding tert-OH is 1. The number of carbonyl (C=O) groups is 1. The van der Waals surface area contributed by atoms with Crippen molar-refractivity contribution in [2.24, 2.45) is 17.1 Å².